The Bertz CT molecular complexity index is 1170. The Morgan fingerprint density at radius 2 is 1.63 bits per heavy atom. The van der Waals surface area contributed by atoms with Gasteiger partial charge < -0.3 is 10.2 Å². The number of ketones is 1. The van der Waals surface area contributed by atoms with E-state index in [1.165, 1.54) is 30.3 Å². The van der Waals surface area contributed by atoms with Crippen LogP contribution in [0.3, 0.4) is 0 Å². The molecule has 2 N–H and O–H groups in total. The third-order valence-corrected chi connectivity index (χ3v) is 5.39. The monoisotopic (exact) mass is 467 g/mol. The van der Waals surface area contributed by atoms with Crippen LogP contribution in [0.25, 0.3) is 5.76 Å². The first kappa shape index (κ1) is 19.8. The largest absolute Gasteiger partial charge is 0.508 e. The number of hydrogen-bond acceptors (Lipinski definition) is 4. The van der Waals surface area contributed by atoms with Gasteiger partial charge in [-0.25, -0.2) is 4.39 Å². The topological polar surface area (TPSA) is 77.8 Å². The number of phenolic OH excluding ortho intramolecular Hbond substituents is 1. The Kier molecular flexibility index (Phi) is 5.13. The van der Waals surface area contributed by atoms with Gasteiger partial charge in [-0.15, -0.1) is 0 Å². The summed E-state index contributed by atoms with van der Waals surface area (Å²) in [7, 11) is 0. The van der Waals surface area contributed by atoms with Gasteiger partial charge >= 0.3 is 0 Å². The van der Waals surface area contributed by atoms with Crippen molar-refractivity contribution in [2.45, 2.75) is 6.04 Å². The molecule has 7 heteroatoms. The van der Waals surface area contributed by atoms with Crippen LogP contribution in [0.15, 0.2) is 82.8 Å². The van der Waals surface area contributed by atoms with E-state index in [9.17, 15) is 24.2 Å². The number of aliphatic hydroxyl groups is 1. The van der Waals surface area contributed by atoms with Crippen LogP contribution >= 0.6 is 15.9 Å². The van der Waals surface area contributed by atoms with Crippen LogP contribution < -0.4 is 4.90 Å². The lowest BCUT2D eigenvalue weighted by molar-refractivity contribution is -0.132. The Morgan fingerprint density at radius 1 is 0.967 bits per heavy atom. The number of carbonyl (C=O) groups is 2. The van der Waals surface area contributed by atoms with Crippen molar-refractivity contribution in [3.63, 3.8) is 0 Å². The molecular formula is C23H15BrFNO4. The van der Waals surface area contributed by atoms with Crippen molar-refractivity contribution >= 4 is 39.1 Å². The summed E-state index contributed by atoms with van der Waals surface area (Å²) in [5.41, 5.74) is 0.913. The predicted octanol–water partition coefficient (Wildman–Crippen LogP) is 4.92. The minimum atomic E-state index is -0.990. The highest BCUT2D eigenvalue weighted by Gasteiger charge is 2.47. The fourth-order valence-corrected chi connectivity index (χ4v) is 3.72. The second kappa shape index (κ2) is 7.76. The van der Waals surface area contributed by atoms with E-state index in [4.69, 9.17) is 0 Å². The number of phenols is 1. The molecule has 1 amide bonds. The minimum absolute atomic E-state index is 0.00867. The molecule has 150 valence electrons. The van der Waals surface area contributed by atoms with Gasteiger partial charge in [-0.05, 0) is 48.0 Å². The Balaban J connectivity index is 1.95. The molecule has 0 aliphatic carbocycles. The number of carbonyl (C=O) groups excluding carboxylic acids is 2. The number of aliphatic hydroxyl groups excluding tert-OH is 1. The number of benzene rings is 3. The summed E-state index contributed by atoms with van der Waals surface area (Å²) in [6, 6.07) is 16.9. The van der Waals surface area contributed by atoms with Gasteiger partial charge in [-0.3, -0.25) is 14.5 Å². The smallest absolute Gasteiger partial charge is 0.300 e. The lowest BCUT2D eigenvalue weighted by Gasteiger charge is -2.25. The molecule has 0 bridgehead atoms. The first-order valence-electron chi connectivity index (χ1n) is 8.98. The van der Waals surface area contributed by atoms with E-state index in [-0.39, 0.29) is 22.8 Å². The van der Waals surface area contributed by atoms with Gasteiger partial charge in [0.05, 0.1) is 11.6 Å². The molecule has 1 aliphatic heterocycles. The number of aromatic hydroxyl groups is 1. The fourth-order valence-electron chi connectivity index (χ4n) is 3.46. The zero-order valence-corrected chi connectivity index (χ0v) is 17.0. The highest BCUT2D eigenvalue weighted by atomic mass is 79.9. The fraction of sp³-hybridized carbons (Fsp3) is 0.0435. The van der Waals surface area contributed by atoms with Crippen molar-refractivity contribution < 1.29 is 24.2 Å². The van der Waals surface area contributed by atoms with Crippen LogP contribution in [-0.2, 0) is 9.59 Å². The van der Waals surface area contributed by atoms with E-state index < -0.39 is 23.5 Å². The molecule has 30 heavy (non-hydrogen) atoms. The van der Waals surface area contributed by atoms with Crippen LogP contribution in [0.5, 0.6) is 5.75 Å². The van der Waals surface area contributed by atoms with Crippen molar-refractivity contribution in [1.29, 1.82) is 0 Å². The van der Waals surface area contributed by atoms with Crippen LogP contribution in [0.1, 0.15) is 17.2 Å². The second-order valence-electron chi connectivity index (χ2n) is 6.75. The molecule has 0 spiro atoms. The van der Waals surface area contributed by atoms with E-state index >= 15 is 0 Å². The maximum atomic E-state index is 13.9. The Hall–Kier alpha value is -3.45. The molecule has 1 aliphatic rings. The van der Waals surface area contributed by atoms with Gasteiger partial charge in [0.2, 0.25) is 0 Å². The summed E-state index contributed by atoms with van der Waals surface area (Å²) in [6.07, 6.45) is 0. The summed E-state index contributed by atoms with van der Waals surface area (Å²) in [6.45, 7) is 0. The highest BCUT2D eigenvalue weighted by molar-refractivity contribution is 9.10. The first-order valence-corrected chi connectivity index (χ1v) is 9.77. The van der Waals surface area contributed by atoms with Gasteiger partial charge in [-0.1, -0.05) is 46.3 Å². The molecule has 0 radical (unpaired) electrons. The molecule has 1 fully saturated rings. The molecule has 1 atom stereocenters. The van der Waals surface area contributed by atoms with E-state index in [1.54, 1.807) is 36.4 Å². The van der Waals surface area contributed by atoms with E-state index in [0.29, 0.717) is 11.1 Å². The number of halogens is 2. The predicted molar refractivity (Wildman–Crippen MR) is 113 cm³/mol. The van der Waals surface area contributed by atoms with Crippen LogP contribution in [0, 0.1) is 5.82 Å². The molecule has 5 nitrogen and oxygen atoms in total. The lowest BCUT2D eigenvalue weighted by atomic mass is 9.95. The highest BCUT2D eigenvalue weighted by Crippen LogP contribution is 2.42. The van der Waals surface area contributed by atoms with E-state index in [1.807, 2.05) is 0 Å². The van der Waals surface area contributed by atoms with E-state index in [0.717, 1.165) is 15.4 Å². The second-order valence-corrected chi connectivity index (χ2v) is 7.66. The summed E-state index contributed by atoms with van der Waals surface area (Å²) in [5.74, 6) is -2.64. The first-order chi connectivity index (χ1) is 14.4. The molecule has 0 saturated carbocycles. The molecule has 1 unspecified atom stereocenters. The standard InChI is InChI=1S/C23H15BrFNO4/c24-15-8-4-14(5-9-15)21(28)19-20(13-6-10-18(27)11-7-13)26(23(30)22(19)29)17-3-1-2-16(25)12-17/h1-12,20,27-28H/b21-19+. The maximum Gasteiger partial charge on any atom is 0.300 e. The molecule has 3 aromatic rings. The van der Waals surface area contributed by atoms with Crippen molar-refractivity contribution in [2.75, 3.05) is 4.90 Å². The number of Topliss-reactive ketones (excluding diaryl/α,β-unsaturated/α-hetero) is 1. The zero-order valence-electron chi connectivity index (χ0n) is 15.4. The van der Waals surface area contributed by atoms with Crippen molar-refractivity contribution in [2.24, 2.45) is 0 Å². The van der Waals surface area contributed by atoms with Crippen LogP contribution in [-0.4, -0.2) is 21.9 Å². The summed E-state index contributed by atoms with van der Waals surface area (Å²) >= 11 is 3.32. The molecule has 4 rings (SSSR count). The zero-order chi connectivity index (χ0) is 21.4. The van der Waals surface area contributed by atoms with Gasteiger partial charge in [0, 0.05) is 15.7 Å². The molecule has 1 saturated heterocycles. The summed E-state index contributed by atoms with van der Waals surface area (Å²) in [5, 5.41) is 20.6. The number of amides is 1. The number of anilines is 1. The average Bonchev–Trinajstić information content (AvgIpc) is 2.99. The molecule has 0 aromatic heterocycles. The SMILES string of the molecule is O=C1C(=O)N(c2cccc(F)c2)C(c2ccc(O)cc2)/C1=C(\O)c1ccc(Br)cc1. The number of nitrogens with zero attached hydrogens (tertiary/aromatic N) is 1. The number of rotatable bonds is 3. The van der Waals surface area contributed by atoms with Gasteiger partial charge in [0.1, 0.15) is 17.3 Å². The third kappa shape index (κ3) is 3.48. The number of hydrogen-bond donors (Lipinski definition) is 2. The normalized spacial score (nSPS) is 18.1. The van der Waals surface area contributed by atoms with Gasteiger partial charge in [0.15, 0.2) is 0 Å². The molecular weight excluding hydrogens is 453 g/mol. The quantitative estimate of drug-likeness (QED) is 0.325. The van der Waals surface area contributed by atoms with E-state index in [2.05, 4.69) is 15.9 Å². The minimum Gasteiger partial charge on any atom is -0.508 e. The molecule has 3 aromatic carbocycles. The lowest BCUT2D eigenvalue weighted by Crippen LogP contribution is -2.29. The van der Waals surface area contributed by atoms with Crippen molar-refractivity contribution in [3.8, 4) is 5.75 Å². The summed E-state index contributed by atoms with van der Waals surface area (Å²) < 4.78 is 14.7. The maximum absolute atomic E-state index is 13.9. The van der Waals surface area contributed by atoms with Crippen LogP contribution in [0.4, 0.5) is 10.1 Å². The van der Waals surface area contributed by atoms with Gasteiger partial charge in [-0.2, -0.15) is 0 Å². The van der Waals surface area contributed by atoms with Crippen molar-refractivity contribution in [1.82, 2.24) is 0 Å². The molecule has 1 heterocycles. The van der Waals surface area contributed by atoms with Gasteiger partial charge in [0.25, 0.3) is 11.7 Å². The Labute approximate surface area is 179 Å². The summed E-state index contributed by atoms with van der Waals surface area (Å²) in [4.78, 5) is 27.0. The Morgan fingerprint density at radius 3 is 2.27 bits per heavy atom. The van der Waals surface area contributed by atoms with Crippen LogP contribution in [0.2, 0.25) is 0 Å². The average molecular weight is 468 g/mol. The van der Waals surface area contributed by atoms with Crippen molar-refractivity contribution in [3.05, 3.63) is 99.8 Å². The third-order valence-electron chi connectivity index (χ3n) is 4.86.